The third kappa shape index (κ3) is 6.06. The molecule has 1 fully saturated rings. The molecule has 1 heterocycles. The first kappa shape index (κ1) is 17.2. The van der Waals surface area contributed by atoms with Gasteiger partial charge in [-0.2, -0.15) is 13.1 Å². The van der Waals surface area contributed by atoms with E-state index in [0.717, 1.165) is 25.8 Å². The zero-order valence-electron chi connectivity index (χ0n) is 12.3. The first-order valence-corrected chi connectivity index (χ1v) is 8.53. The van der Waals surface area contributed by atoms with Crippen molar-refractivity contribution < 1.29 is 17.9 Å². The predicted molar refractivity (Wildman–Crippen MR) is 76.5 cm³/mol. The standard InChI is InChI=1S/C12H25N3O4S/c1-4-10-6-5-7-13-11(10)8-14-20(17,18)15-12(16)19-9(2)3/h9-11,13-14H,4-8H2,1-3H3,(H,15,16). The summed E-state index contributed by atoms with van der Waals surface area (Å²) in [6.45, 7) is 6.56. The summed E-state index contributed by atoms with van der Waals surface area (Å²) in [6.07, 6.45) is 1.88. The van der Waals surface area contributed by atoms with Crippen LogP contribution < -0.4 is 14.8 Å². The molecule has 0 radical (unpaired) electrons. The molecule has 1 aliphatic rings. The van der Waals surface area contributed by atoms with Crippen LogP contribution in [0.15, 0.2) is 0 Å². The van der Waals surface area contributed by atoms with Gasteiger partial charge < -0.3 is 10.1 Å². The zero-order valence-corrected chi connectivity index (χ0v) is 13.1. The Kier molecular flexibility index (Phi) is 6.70. The van der Waals surface area contributed by atoms with Gasteiger partial charge in [-0.1, -0.05) is 13.3 Å². The van der Waals surface area contributed by atoms with Crippen molar-refractivity contribution in [2.75, 3.05) is 13.1 Å². The second-order valence-electron chi connectivity index (χ2n) is 5.28. The second-order valence-corrected chi connectivity index (χ2v) is 6.78. The Morgan fingerprint density at radius 3 is 2.75 bits per heavy atom. The van der Waals surface area contributed by atoms with Gasteiger partial charge in [0.05, 0.1) is 6.10 Å². The maximum absolute atomic E-state index is 11.7. The highest BCUT2D eigenvalue weighted by Gasteiger charge is 2.25. The molecule has 1 aliphatic heterocycles. The summed E-state index contributed by atoms with van der Waals surface area (Å²) in [6, 6.07) is 0.103. The highest BCUT2D eigenvalue weighted by molar-refractivity contribution is 7.88. The SMILES string of the molecule is CCC1CCCNC1CNS(=O)(=O)NC(=O)OC(C)C. The first-order valence-electron chi connectivity index (χ1n) is 7.05. The van der Waals surface area contributed by atoms with Crippen molar-refractivity contribution in [3.05, 3.63) is 0 Å². The molecular weight excluding hydrogens is 282 g/mol. The Morgan fingerprint density at radius 2 is 2.15 bits per heavy atom. The van der Waals surface area contributed by atoms with Crippen molar-refractivity contribution in [2.45, 2.75) is 52.2 Å². The van der Waals surface area contributed by atoms with Crippen LogP contribution in [0.5, 0.6) is 0 Å². The number of rotatable bonds is 6. The van der Waals surface area contributed by atoms with Gasteiger partial charge in [0.15, 0.2) is 0 Å². The number of amides is 1. The van der Waals surface area contributed by atoms with Crippen molar-refractivity contribution in [3.8, 4) is 0 Å². The maximum Gasteiger partial charge on any atom is 0.422 e. The molecule has 2 atom stereocenters. The minimum Gasteiger partial charge on any atom is -0.446 e. The zero-order chi connectivity index (χ0) is 15.2. The van der Waals surface area contributed by atoms with Crippen LogP contribution in [0.4, 0.5) is 4.79 Å². The van der Waals surface area contributed by atoms with Gasteiger partial charge in [-0.25, -0.2) is 9.52 Å². The highest BCUT2D eigenvalue weighted by atomic mass is 32.2. The van der Waals surface area contributed by atoms with Gasteiger partial charge in [0.1, 0.15) is 0 Å². The monoisotopic (exact) mass is 307 g/mol. The molecule has 0 aromatic rings. The molecule has 0 aromatic carbocycles. The van der Waals surface area contributed by atoms with E-state index in [-0.39, 0.29) is 18.7 Å². The van der Waals surface area contributed by atoms with E-state index in [4.69, 9.17) is 4.74 Å². The number of carbonyl (C=O) groups excluding carboxylic acids is 1. The molecule has 0 saturated carbocycles. The lowest BCUT2D eigenvalue weighted by Gasteiger charge is -2.32. The Balaban J connectivity index is 2.44. The van der Waals surface area contributed by atoms with E-state index in [1.165, 1.54) is 0 Å². The molecule has 2 unspecified atom stereocenters. The second kappa shape index (κ2) is 7.80. The number of hydrogen-bond donors (Lipinski definition) is 3. The van der Waals surface area contributed by atoms with E-state index in [2.05, 4.69) is 17.0 Å². The molecular formula is C12H25N3O4S. The number of hydrogen-bond acceptors (Lipinski definition) is 5. The van der Waals surface area contributed by atoms with E-state index in [0.29, 0.717) is 5.92 Å². The number of ether oxygens (including phenoxy) is 1. The van der Waals surface area contributed by atoms with Crippen molar-refractivity contribution in [3.63, 3.8) is 0 Å². The predicted octanol–water partition coefficient (Wildman–Crippen LogP) is 0.734. The number of nitrogens with one attached hydrogen (secondary N) is 3. The molecule has 0 bridgehead atoms. The van der Waals surface area contributed by atoms with Crippen LogP contribution in [-0.4, -0.2) is 39.7 Å². The van der Waals surface area contributed by atoms with Gasteiger partial charge in [0, 0.05) is 12.6 Å². The van der Waals surface area contributed by atoms with Gasteiger partial charge in [0.25, 0.3) is 0 Å². The smallest absolute Gasteiger partial charge is 0.422 e. The molecule has 8 heteroatoms. The van der Waals surface area contributed by atoms with Crippen molar-refractivity contribution >= 4 is 16.3 Å². The molecule has 1 rings (SSSR count). The average Bonchev–Trinajstić information content (AvgIpc) is 2.35. The lowest BCUT2D eigenvalue weighted by atomic mass is 9.89. The third-order valence-corrected chi connectivity index (χ3v) is 4.29. The molecule has 7 nitrogen and oxygen atoms in total. The minimum atomic E-state index is -3.87. The molecule has 1 saturated heterocycles. The first-order chi connectivity index (χ1) is 9.34. The van der Waals surface area contributed by atoms with Crippen molar-refractivity contribution in [2.24, 2.45) is 5.92 Å². The van der Waals surface area contributed by atoms with Crippen LogP contribution in [0, 0.1) is 5.92 Å². The fraction of sp³-hybridized carbons (Fsp3) is 0.917. The van der Waals surface area contributed by atoms with Gasteiger partial charge in [-0.15, -0.1) is 0 Å². The Bertz CT molecular complexity index is 411. The van der Waals surface area contributed by atoms with Gasteiger partial charge in [0.2, 0.25) is 0 Å². The summed E-state index contributed by atoms with van der Waals surface area (Å²) in [7, 11) is -3.87. The lowest BCUT2D eigenvalue weighted by molar-refractivity contribution is 0.121. The van der Waals surface area contributed by atoms with Gasteiger partial charge in [-0.3, -0.25) is 0 Å². The van der Waals surface area contributed by atoms with Gasteiger partial charge >= 0.3 is 16.3 Å². The summed E-state index contributed by atoms with van der Waals surface area (Å²) < 4.78 is 32.4. The van der Waals surface area contributed by atoms with Gasteiger partial charge in [-0.05, 0) is 39.2 Å². The maximum atomic E-state index is 11.7. The summed E-state index contributed by atoms with van der Waals surface area (Å²) in [4.78, 5) is 11.3. The number of carbonyl (C=O) groups is 1. The quantitative estimate of drug-likeness (QED) is 0.672. The van der Waals surface area contributed by atoms with Crippen molar-refractivity contribution in [1.29, 1.82) is 0 Å². The van der Waals surface area contributed by atoms with Crippen LogP contribution in [0.3, 0.4) is 0 Å². The molecule has 3 N–H and O–H groups in total. The van der Waals surface area contributed by atoms with Crippen LogP contribution in [0.1, 0.15) is 40.0 Å². The van der Waals surface area contributed by atoms with Crippen LogP contribution >= 0.6 is 0 Å². The Labute approximate surface area is 121 Å². The summed E-state index contributed by atoms with van der Waals surface area (Å²) in [5, 5.41) is 3.31. The Morgan fingerprint density at radius 1 is 1.45 bits per heavy atom. The topological polar surface area (TPSA) is 96.5 Å². The van der Waals surface area contributed by atoms with Crippen molar-refractivity contribution in [1.82, 2.24) is 14.8 Å². The van der Waals surface area contributed by atoms with E-state index in [1.807, 2.05) is 4.72 Å². The fourth-order valence-electron chi connectivity index (χ4n) is 2.33. The summed E-state index contributed by atoms with van der Waals surface area (Å²) in [5.41, 5.74) is 0. The fourth-order valence-corrected chi connectivity index (χ4v) is 3.07. The summed E-state index contributed by atoms with van der Waals surface area (Å²) in [5.74, 6) is 0.453. The van der Waals surface area contributed by atoms with E-state index in [1.54, 1.807) is 13.8 Å². The Hall–Kier alpha value is -0.860. The van der Waals surface area contributed by atoms with E-state index in [9.17, 15) is 13.2 Å². The molecule has 118 valence electrons. The number of piperidine rings is 1. The van der Waals surface area contributed by atoms with Crippen LogP contribution in [0.2, 0.25) is 0 Å². The summed E-state index contributed by atoms with van der Waals surface area (Å²) >= 11 is 0. The normalized spacial score (nSPS) is 23.6. The highest BCUT2D eigenvalue weighted by Crippen LogP contribution is 2.19. The third-order valence-electron chi connectivity index (χ3n) is 3.31. The molecule has 20 heavy (non-hydrogen) atoms. The molecule has 0 spiro atoms. The average molecular weight is 307 g/mol. The molecule has 1 amide bonds. The van der Waals surface area contributed by atoms with E-state index >= 15 is 0 Å². The molecule has 0 aromatic heterocycles. The van der Waals surface area contributed by atoms with Crippen LogP contribution in [0.25, 0.3) is 0 Å². The minimum absolute atomic E-state index is 0.103. The molecule has 0 aliphatic carbocycles. The van der Waals surface area contributed by atoms with Crippen LogP contribution in [-0.2, 0) is 14.9 Å². The largest absolute Gasteiger partial charge is 0.446 e. The lowest BCUT2D eigenvalue weighted by Crippen LogP contribution is -2.51. The van der Waals surface area contributed by atoms with E-state index < -0.39 is 16.3 Å².